The molecule has 202 valence electrons. The van der Waals surface area contributed by atoms with E-state index in [2.05, 4.69) is 11.6 Å². The van der Waals surface area contributed by atoms with E-state index in [4.69, 9.17) is 21.1 Å². The van der Waals surface area contributed by atoms with Crippen molar-refractivity contribution < 1.29 is 34.4 Å². The molecule has 9 heteroatoms. The number of benzene rings is 1. The highest BCUT2D eigenvalue weighted by Crippen LogP contribution is 2.76. The van der Waals surface area contributed by atoms with E-state index in [1.165, 1.54) is 0 Å². The Balaban J connectivity index is 1.37. The molecule has 4 saturated carbocycles. The second-order valence-electron chi connectivity index (χ2n) is 12.8. The number of ether oxygens (including phenoxy) is 2. The van der Waals surface area contributed by atoms with Gasteiger partial charge in [0, 0.05) is 33.2 Å². The van der Waals surface area contributed by atoms with Gasteiger partial charge in [-0.1, -0.05) is 32.0 Å². The Morgan fingerprint density at radius 3 is 2.74 bits per heavy atom. The number of nitrogens with one attached hydrogen (secondary N) is 1. The first kappa shape index (κ1) is 24.8. The van der Waals surface area contributed by atoms with Crippen LogP contribution in [0.2, 0.25) is 5.02 Å². The predicted molar refractivity (Wildman–Crippen MR) is 137 cm³/mol. The number of esters is 1. The molecular formula is C29H32ClNO7. The Morgan fingerprint density at radius 2 is 1.97 bits per heavy atom. The number of aromatic amines is 1. The lowest BCUT2D eigenvalue weighted by Gasteiger charge is -2.74. The number of hydrogen-bond donors (Lipinski definition) is 4. The standard InChI is InChI=1S/C29H32ClNO7/c1-13-16-5-7-19-27-12-37-29(36,23(34)21(27)26(2,3)9-8-20(27)32)28(19,22(13)33)24(16)38-25(35)18-11-14-10-15(30)4-6-17(14)31-18/h4,6,10-11,16,19-21,23-24,31-32,34,36H,1,5,7-9,12H2,2-3H3/t16-,19-,20-,21+,23-,24+,27+,28-,29+/m0/s1. The Morgan fingerprint density at radius 1 is 1.21 bits per heavy atom. The van der Waals surface area contributed by atoms with Gasteiger partial charge >= 0.3 is 5.97 Å². The molecule has 6 aliphatic rings. The van der Waals surface area contributed by atoms with Gasteiger partial charge < -0.3 is 29.8 Å². The van der Waals surface area contributed by atoms with Gasteiger partial charge in [0.15, 0.2) is 5.78 Å². The van der Waals surface area contributed by atoms with Crippen LogP contribution in [0, 0.1) is 34.0 Å². The third kappa shape index (κ3) is 2.61. The van der Waals surface area contributed by atoms with Crippen molar-refractivity contribution in [2.75, 3.05) is 6.61 Å². The van der Waals surface area contributed by atoms with Gasteiger partial charge in [0.1, 0.15) is 23.3 Å². The summed E-state index contributed by atoms with van der Waals surface area (Å²) in [5.74, 6) is -5.00. The SMILES string of the molecule is C=C1C(=O)[C@]23[C@H](OC(=O)c4cc5cc(Cl)ccc5[nH]4)[C@H]1CC[C@H]2[C@@]12CO[C@]3(O)[C@@H](O)[C@@H]1C(C)(C)CC[C@@H]2O. The number of aromatic nitrogens is 1. The molecule has 2 saturated heterocycles. The summed E-state index contributed by atoms with van der Waals surface area (Å²) < 4.78 is 12.2. The van der Waals surface area contributed by atoms with Gasteiger partial charge in [-0.3, -0.25) is 4.79 Å². The zero-order chi connectivity index (χ0) is 27.0. The molecule has 2 spiro atoms. The fraction of sp³-hybridized carbons (Fsp3) is 0.586. The van der Waals surface area contributed by atoms with E-state index in [1.807, 2.05) is 13.8 Å². The molecule has 38 heavy (non-hydrogen) atoms. The Labute approximate surface area is 225 Å². The van der Waals surface area contributed by atoms with Crippen molar-refractivity contribution >= 4 is 34.3 Å². The minimum Gasteiger partial charge on any atom is -0.456 e. The van der Waals surface area contributed by atoms with Crippen LogP contribution in [-0.4, -0.2) is 62.8 Å². The summed E-state index contributed by atoms with van der Waals surface area (Å²) in [4.78, 5) is 30.8. The number of carbonyl (C=O) groups is 2. The average Bonchev–Trinajstić information content (AvgIpc) is 3.34. The first-order valence-corrected chi connectivity index (χ1v) is 13.7. The summed E-state index contributed by atoms with van der Waals surface area (Å²) in [5.41, 5.74) is -2.00. The Kier molecular flexibility index (Phi) is 4.88. The summed E-state index contributed by atoms with van der Waals surface area (Å²) >= 11 is 6.11. The van der Waals surface area contributed by atoms with Gasteiger partial charge in [0.05, 0.1) is 12.7 Å². The van der Waals surface area contributed by atoms with Crippen molar-refractivity contribution in [3.05, 3.63) is 47.1 Å². The van der Waals surface area contributed by atoms with Crippen molar-refractivity contribution in [3.8, 4) is 0 Å². The van der Waals surface area contributed by atoms with Crippen LogP contribution in [0.3, 0.4) is 0 Å². The van der Waals surface area contributed by atoms with Crippen LogP contribution in [0.1, 0.15) is 50.0 Å². The molecule has 4 aliphatic carbocycles. The van der Waals surface area contributed by atoms with Crippen molar-refractivity contribution in [1.29, 1.82) is 0 Å². The molecule has 0 unspecified atom stereocenters. The summed E-state index contributed by atoms with van der Waals surface area (Å²) in [6.45, 7) is 8.14. The third-order valence-electron chi connectivity index (χ3n) is 10.9. The molecule has 4 N–H and O–H groups in total. The zero-order valence-electron chi connectivity index (χ0n) is 21.4. The predicted octanol–water partition coefficient (Wildman–Crippen LogP) is 3.38. The molecule has 2 aromatic rings. The topological polar surface area (TPSA) is 129 Å². The highest BCUT2D eigenvalue weighted by Gasteiger charge is 2.87. The second kappa shape index (κ2) is 7.49. The Hall–Kier alpha value is -2.23. The van der Waals surface area contributed by atoms with Crippen LogP contribution in [0.25, 0.3) is 10.9 Å². The normalized spacial score (nSPS) is 44.7. The number of aliphatic hydroxyl groups is 3. The molecular weight excluding hydrogens is 510 g/mol. The number of ketones is 1. The van der Waals surface area contributed by atoms with Crippen molar-refractivity contribution in [1.82, 2.24) is 4.98 Å². The molecule has 9 atom stereocenters. The lowest BCUT2D eigenvalue weighted by Crippen LogP contribution is -2.85. The van der Waals surface area contributed by atoms with Crippen LogP contribution in [0.5, 0.6) is 0 Å². The number of H-pyrrole nitrogens is 1. The summed E-state index contributed by atoms with van der Waals surface area (Å²) in [5, 5.41) is 36.9. The molecule has 4 bridgehead atoms. The van der Waals surface area contributed by atoms with E-state index >= 15 is 0 Å². The number of fused-ring (bicyclic) bond motifs is 3. The van der Waals surface area contributed by atoms with Crippen LogP contribution in [-0.2, 0) is 14.3 Å². The summed E-state index contributed by atoms with van der Waals surface area (Å²) in [6.07, 6.45) is -1.19. The number of halogens is 1. The smallest absolute Gasteiger partial charge is 0.355 e. The van der Waals surface area contributed by atoms with Gasteiger partial charge in [0.25, 0.3) is 0 Å². The lowest BCUT2D eigenvalue weighted by molar-refractivity contribution is -0.457. The molecule has 8 nitrogen and oxygen atoms in total. The largest absolute Gasteiger partial charge is 0.456 e. The molecule has 0 amide bonds. The first-order valence-electron chi connectivity index (χ1n) is 13.3. The van der Waals surface area contributed by atoms with Crippen LogP contribution < -0.4 is 0 Å². The fourth-order valence-electron chi connectivity index (χ4n) is 9.43. The molecule has 1 aromatic heterocycles. The molecule has 0 radical (unpaired) electrons. The lowest BCUT2D eigenvalue weighted by atomic mass is 9.35. The molecule has 2 aliphatic heterocycles. The summed E-state index contributed by atoms with van der Waals surface area (Å²) in [6, 6.07) is 6.84. The maximum absolute atomic E-state index is 14.2. The zero-order valence-corrected chi connectivity index (χ0v) is 22.1. The van der Waals surface area contributed by atoms with E-state index in [9.17, 15) is 24.9 Å². The van der Waals surface area contributed by atoms with Crippen LogP contribution in [0.4, 0.5) is 0 Å². The van der Waals surface area contributed by atoms with Gasteiger partial charge in [-0.15, -0.1) is 0 Å². The highest BCUT2D eigenvalue weighted by atomic mass is 35.5. The van der Waals surface area contributed by atoms with Crippen molar-refractivity contribution in [2.24, 2.45) is 34.0 Å². The number of hydrogen-bond acceptors (Lipinski definition) is 7. The van der Waals surface area contributed by atoms with Gasteiger partial charge in [0.2, 0.25) is 5.79 Å². The number of Topliss-reactive ketones (excluding diaryl/α,β-unsaturated/α-hetero) is 1. The van der Waals surface area contributed by atoms with Gasteiger partial charge in [-0.2, -0.15) is 0 Å². The second-order valence-corrected chi connectivity index (χ2v) is 13.2. The first-order chi connectivity index (χ1) is 17.9. The summed E-state index contributed by atoms with van der Waals surface area (Å²) in [7, 11) is 0. The fourth-order valence-corrected chi connectivity index (χ4v) is 9.61. The maximum atomic E-state index is 14.2. The van der Waals surface area contributed by atoms with E-state index in [-0.39, 0.29) is 17.9 Å². The van der Waals surface area contributed by atoms with E-state index in [0.717, 1.165) is 5.39 Å². The average molecular weight is 542 g/mol. The monoisotopic (exact) mass is 541 g/mol. The molecule has 3 heterocycles. The third-order valence-corrected chi connectivity index (χ3v) is 11.1. The Bertz CT molecular complexity index is 1420. The van der Waals surface area contributed by atoms with E-state index < -0.39 is 69.9 Å². The van der Waals surface area contributed by atoms with E-state index in [0.29, 0.717) is 36.2 Å². The van der Waals surface area contributed by atoms with Crippen LogP contribution in [0.15, 0.2) is 36.4 Å². The van der Waals surface area contributed by atoms with Gasteiger partial charge in [-0.05, 0) is 66.9 Å². The van der Waals surface area contributed by atoms with Crippen molar-refractivity contribution in [2.45, 2.75) is 63.6 Å². The highest BCUT2D eigenvalue weighted by molar-refractivity contribution is 6.31. The quantitative estimate of drug-likeness (QED) is 0.339. The molecule has 1 aromatic carbocycles. The van der Waals surface area contributed by atoms with Crippen molar-refractivity contribution in [3.63, 3.8) is 0 Å². The number of aliphatic hydroxyl groups excluding tert-OH is 2. The van der Waals surface area contributed by atoms with Gasteiger partial charge in [-0.25, -0.2) is 4.79 Å². The van der Waals surface area contributed by atoms with E-state index in [1.54, 1.807) is 24.3 Å². The molecule has 8 rings (SSSR count). The number of carbonyl (C=O) groups excluding carboxylic acids is 2. The molecule has 6 fully saturated rings. The minimum absolute atomic E-state index is 0.0239. The number of rotatable bonds is 2. The minimum atomic E-state index is -2.29. The van der Waals surface area contributed by atoms with Crippen LogP contribution >= 0.6 is 11.6 Å². The maximum Gasteiger partial charge on any atom is 0.355 e.